The van der Waals surface area contributed by atoms with Crippen molar-refractivity contribution in [2.45, 2.75) is 24.8 Å². The summed E-state index contributed by atoms with van der Waals surface area (Å²) in [7, 11) is 3.07. The predicted molar refractivity (Wildman–Crippen MR) is 93.1 cm³/mol. The molecule has 1 aliphatic carbocycles. The molecule has 26 heavy (non-hydrogen) atoms. The van der Waals surface area contributed by atoms with Gasteiger partial charge in [-0.05, 0) is 12.8 Å². The number of hydrogen-bond donors (Lipinski definition) is 2. The number of benzene rings is 1. The van der Waals surface area contributed by atoms with Crippen LogP contribution in [0.5, 0.6) is 0 Å². The zero-order valence-electron chi connectivity index (χ0n) is 14.8. The molecule has 3 atom stereocenters. The van der Waals surface area contributed by atoms with E-state index in [9.17, 15) is 9.59 Å². The van der Waals surface area contributed by atoms with Gasteiger partial charge in [0.05, 0.1) is 5.92 Å². The summed E-state index contributed by atoms with van der Waals surface area (Å²) in [6.07, 6.45) is 1.05. The van der Waals surface area contributed by atoms with Crippen molar-refractivity contribution >= 4 is 11.8 Å². The smallest absolute Gasteiger partial charge is 0.246 e. The molecular formula is C18H22N4O4. The Labute approximate surface area is 151 Å². The minimum Gasteiger partial charge on any atom is -0.375 e. The first-order valence-electron chi connectivity index (χ1n) is 8.51. The van der Waals surface area contributed by atoms with Gasteiger partial charge < -0.3 is 19.9 Å². The summed E-state index contributed by atoms with van der Waals surface area (Å²) in [6.45, 7) is -0.0348. The van der Waals surface area contributed by atoms with E-state index in [-0.39, 0.29) is 36.3 Å². The monoisotopic (exact) mass is 358 g/mol. The van der Waals surface area contributed by atoms with E-state index in [1.807, 2.05) is 30.3 Å². The number of amides is 2. The predicted octanol–water partition coefficient (Wildman–Crippen LogP) is 1.11. The molecule has 8 heteroatoms. The number of rotatable bonds is 6. The molecular weight excluding hydrogens is 336 g/mol. The zero-order chi connectivity index (χ0) is 18.5. The summed E-state index contributed by atoms with van der Waals surface area (Å²) >= 11 is 0. The molecule has 0 bridgehead atoms. The maximum absolute atomic E-state index is 12.1. The summed E-state index contributed by atoms with van der Waals surface area (Å²) in [5.74, 6) is 0.195. The van der Waals surface area contributed by atoms with Crippen LogP contribution in [0, 0.1) is 5.92 Å². The summed E-state index contributed by atoms with van der Waals surface area (Å²) < 4.78 is 10.3. The fourth-order valence-corrected chi connectivity index (χ4v) is 3.36. The number of nitrogens with one attached hydrogen (secondary N) is 2. The van der Waals surface area contributed by atoms with Crippen molar-refractivity contribution in [3.8, 4) is 11.4 Å². The van der Waals surface area contributed by atoms with E-state index in [0.29, 0.717) is 24.6 Å². The van der Waals surface area contributed by atoms with Gasteiger partial charge in [0.1, 0.15) is 6.61 Å². The third kappa shape index (κ3) is 3.91. The Bertz CT molecular complexity index is 762. The van der Waals surface area contributed by atoms with E-state index in [4.69, 9.17) is 9.26 Å². The van der Waals surface area contributed by atoms with Crippen molar-refractivity contribution in [2.24, 2.45) is 5.92 Å². The van der Waals surface area contributed by atoms with Crippen LogP contribution in [0.15, 0.2) is 34.9 Å². The highest BCUT2D eigenvalue weighted by Crippen LogP contribution is 2.38. The quantitative estimate of drug-likeness (QED) is 0.801. The van der Waals surface area contributed by atoms with Gasteiger partial charge in [0.2, 0.25) is 23.5 Å². The van der Waals surface area contributed by atoms with Crippen LogP contribution in [0.2, 0.25) is 0 Å². The Kier molecular flexibility index (Phi) is 5.62. The van der Waals surface area contributed by atoms with Crippen molar-refractivity contribution in [1.29, 1.82) is 0 Å². The molecule has 1 aromatic heterocycles. The molecule has 1 saturated carbocycles. The van der Waals surface area contributed by atoms with E-state index in [1.165, 1.54) is 7.11 Å². The van der Waals surface area contributed by atoms with Crippen LogP contribution in [-0.2, 0) is 14.3 Å². The molecule has 1 heterocycles. The van der Waals surface area contributed by atoms with Crippen molar-refractivity contribution < 1.29 is 18.8 Å². The maximum atomic E-state index is 12.1. The minimum absolute atomic E-state index is 0.0348. The topological polar surface area (TPSA) is 106 Å². The molecule has 0 spiro atoms. The van der Waals surface area contributed by atoms with E-state index >= 15 is 0 Å². The Balaban J connectivity index is 1.81. The Morgan fingerprint density at radius 3 is 2.73 bits per heavy atom. The largest absolute Gasteiger partial charge is 0.375 e. The van der Waals surface area contributed by atoms with E-state index in [1.54, 1.807) is 7.05 Å². The van der Waals surface area contributed by atoms with Crippen molar-refractivity contribution in [3.05, 3.63) is 36.2 Å². The molecule has 1 fully saturated rings. The second kappa shape index (κ2) is 8.09. The van der Waals surface area contributed by atoms with Crippen molar-refractivity contribution in [3.63, 3.8) is 0 Å². The first-order chi connectivity index (χ1) is 12.6. The average molecular weight is 358 g/mol. The highest BCUT2D eigenvalue weighted by atomic mass is 16.5. The van der Waals surface area contributed by atoms with E-state index in [0.717, 1.165) is 5.56 Å². The standard InChI is InChI=1S/C18H22N4O4/c1-19-17(24)12-8-13(14(9-12)20-15(23)10-25-2)18-21-16(22-26-18)11-6-4-3-5-7-11/h3-7,12-14H,8-10H2,1-2H3,(H,19,24)(H,20,23). The van der Waals surface area contributed by atoms with E-state index in [2.05, 4.69) is 20.8 Å². The van der Waals surface area contributed by atoms with Gasteiger partial charge >= 0.3 is 0 Å². The van der Waals surface area contributed by atoms with Crippen LogP contribution in [0.3, 0.4) is 0 Å². The summed E-state index contributed by atoms with van der Waals surface area (Å²) in [5, 5.41) is 9.63. The molecule has 0 saturated heterocycles. The third-order valence-electron chi connectivity index (χ3n) is 4.59. The Hall–Kier alpha value is -2.74. The molecule has 2 amide bonds. The second-order valence-corrected chi connectivity index (χ2v) is 6.32. The molecule has 2 aromatic rings. The first kappa shape index (κ1) is 18.1. The van der Waals surface area contributed by atoms with Gasteiger partial charge in [-0.1, -0.05) is 35.5 Å². The van der Waals surface area contributed by atoms with Gasteiger partial charge in [0.15, 0.2) is 0 Å². The van der Waals surface area contributed by atoms with Crippen LogP contribution in [-0.4, -0.2) is 48.8 Å². The molecule has 8 nitrogen and oxygen atoms in total. The second-order valence-electron chi connectivity index (χ2n) is 6.32. The molecule has 3 rings (SSSR count). The number of carbonyl (C=O) groups is 2. The maximum Gasteiger partial charge on any atom is 0.246 e. The summed E-state index contributed by atoms with van der Waals surface area (Å²) in [5.41, 5.74) is 0.850. The average Bonchev–Trinajstić information content (AvgIpc) is 3.29. The molecule has 3 unspecified atom stereocenters. The van der Waals surface area contributed by atoms with Crippen molar-refractivity contribution in [2.75, 3.05) is 20.8 Å². The Morgan fingerprint density at radius 1 is 1.27 bits per heavy atom. The van der Waals surface area contributed by atoms with Crippen LogP contribution < -0.4 is 10.6 Å². The lowest BCUT2D eigenvalue weighted by atomic mass is 10.0. The van der Waals surface area contributed by atoms with Gasteiger partial charge in [-0.3, -0.25) is 9.59 Å². The number of methoxy groups -OCH3 is 1. The molecule has 1 aromatic carbocycles. The summed E-state index contributed by atoms with van der Waals surface area (Å²) in [6, 6.07) is 9.25. The lowest BCUT2D eigenvalue weighted by Crippen LogP contribution is -2.39. The highest BCUT2D eigenvalue weighted by Gasteiger charge is 2.42. The van der Waals surface area contributed by atoms with Gasteiger partial charge in [0, 0.05) is 31.7 Å². The minimum atomic E-state index is -0.260. The lowest BCUT2D eigenvalue weighted by molar-refractivity contribution is -0.126. The fourth-order valence-electron chi connectivity index (χ4n) is 3.36. The van der Waals surface area contributed by atoms with Crippen molar-refractivity contribution in [1.82, 2.24) is 20.8 Å². The number of hydrogen-bond acceptors (Lipinski definition) is 6. The first-order valence-corrected chi connectivity index (χ1v) is 8.51. The van der Waals surface area contributed by atoms with Gasteiger partial charge in [-0.2, -0.15) is 4.98 Å². The molecule has 0 radical (unpaired) electrons. The van der Waals surface area contributed by atoms with Crippen LogP contribution >= 0.6 is 0 Å². The normalized spacial score (nSPS) is 22.2. The molecule has 1 aliphatic rings. The molecule has 0 aliphatic heterocycles. The van der Waals surface area contributed by atoms with E-state index < -0.39 is 0 Å². The zero-order valence-corrected chi connectivity index (χ0v) is 14.8. The molecule has 138 valence electrons. The number of aromatic nitrogens is 2. The van der Waals surface area contributed by atoms with Gasteiger partial charge in [-0.25, -0.2) is 0 Å². The number of nitrogens with zero attached hydrogens (tertiary/aromatic N) is 2. The number of carbonyl (C=O) groups excluding carboxylic acids is 2. The van der Waals surface area contributed by atoms with Crippen LogP contribution in [0.1, 0.15) is 24.7 Å². The third-order valence-corrected chi connectivity index (χ3v) is 4.59. The van der Waals surface area contributed by atoms with Crippen LogP contribution in [0.25, 0.3) is 11.4 Å². The molecule has 2 N–H and O–H groups in total. The van der Waals surface area contributed by atoms with Gasteiger partial charge in [0.25, 0.3) is 0 Å². The van der Waals surface area contributed by atoms with Crippen LogP contribution in [0.4, 0.5) is 0 Å². The lowest BCUT2D eigenvalue weighted by Gasteiger charge is -2.17. The summed E-state index contributed by atoms with van der Waals surface area (Å²) in [4.78, 5) is 28.5. The SMILES string of the molecule is CNC(=O)C1CC(NC(=O)COC)C(c2nc(-c3ccccc3)no2)C1. The van der Waals surface area contributed by atoms with Gasteiger partial charge in [-0.15, -0.1) is 0 Å². The number of ether oxygens (including phenoxy) is 1. The fraction of sp³-hybridized carbons (Fsp3) is 0.444. The Morgan fingerprint density at radius 2 is 2.04 bits per heavy atom. The highest BCUT2D eigenvalue weighted by molar-refractivity contribution is 5.80.